The molecule has 0 saturated heterocycles. The van der Waals surface area contributed by atoms with Crippen molar-refractivity contribution in [2.45, 2.75) is 39.2 Å². The van der Waals surface area contributed by atoms with Crippen LogP contribution in [-0.2, 0) is 4.84 Å². The highest BCUT2D eigenvalue weighted by Gasteiger charge is 2.08. The van der Waals surface area contributed by atoms with Crippen molar-refractivity contribution in [1.82, 2.24) is 5.48 Å². The maximum atomic E-state index is 5.29. The molecule has 66 valence electrons. The minimum absolute atomic E-state index is 0.0891. The molecule has 0 aromatic rings. The van der Waals surface area contributed by atoms with E-state index in [2.05, 4.69) is 12.1 Å². The van der Waals surface area contributed by atoms with Crippen molar-refractivity contribution in [3.8, 4) is 0 Å². The molecule has 0 radical (unpaired) electrons. The molecule has 0 unspecified atom stereocenters. The Bertz CT molecular complexity index is 105. The van der Waals surface area contributed by atoms with E-state index in [9.17, 15) is 0 Å². The van der Waals surface area contributed by atoms with Gasteiger partial charge in [0.1, 0.15) is 0 Å². The van der Waals surface area contributed by atoms with Gasteiger partial charge in [-0.3, -0.25) is 4.84 Å². The van der Waals surface area contributed by atoms with Crippen molar-refractivity contribution in [3.05, 3.63) is 12.7 Å². The molecule has 0 bridgehead atoms. The third kappa shape index (κ3) is 9.66. The van der Waals surface area contributed by atoms with Crippen LogP contribution in [0.5, 0.6) is 0 Å². The highest BCUT2D eigenvalue weighted by atomic mass is 16.7. The minimum Gasteiger partial charge on any atom is -0.296 e. The summed E-state index contributed by atoms with van der Waals surface area (Å²) in [5, 5.41) is 0. The second-order valence-electron chi connectivity index (χ2n) is 3.54. The topological polar surface area (TPSA) is 21.3 Å². The van der Waals surface area contributed by atoms with Gasteiger partial charge < -0.3 is 0 Å². The summed E-state index contributed by atoms with van der Waals surface area (Å²) in [7, 11) is 0. The van der Waals surface area contributed by atoms with E-state index in [1.165, 1.54) is 0 Å². The molecule has 0 aliphatic heterocycles. The number of hydrogen-bond acceptors (Lipinski definition) is 2. The Morgan fingerprint density at radius 2 is 2.09 bits per heavy atom. The van der Waals surface area contributed by atoms with E-state index >= 15 is 0 Å². The molecule has 11 heavy (non-hydrogen) atoms. The second kappa shape index (κ2) is 5.33. The fourth-order valence-electron chi connectivity index (χ4n) is 0.586. The minimum atomic E-state index is -0.0891. The summed E-state index contributed by atoms with van der Waals surface area (Å²) in [6.45, 7) is 10.6. The van der Waals surface area contributed by atoms with Gasteiger partial charge in [0.15, 0.2) is 0 Å². The van der Waals surface area contributed by atoms with E-state index in [-0.39, 0.29) is 5.60 Å². The van der Waals surface area contributed by atoms with Crippen LogP contribution in [0.15, 0.2) is 12.7 Å². The monoisotopic (exact) mass is 157 g/mol. The van der Waals surface area contributed by atoms with E-state index in [0.717, 1.165) is 19.4 Å². The summed E-state index contributed by atoms with van der Waals surface area (Å²) in [5.41, 5.74) is 2.82. The van der Waals surface area contributed by atoms with Crippen molar-refractivity contribution >= 4 is 0 Å². The van der Waals surface area contributed by atoms with Crippen molar-refractivity contribution < 1.29 is 4.84 Å². The average molecular weight is 157 g/mol. The highest BCUT2D eigenvalue weighted by Crippen LogP contribution is 2.03. The van der Waals surface area contributed by atoms with E-state index in [1.807, 2.05) is 26.8 Å². The second-order valence-corrected chi connectivity index (χ2v) is 3.54. The zero-order valence-electron chi connectivity index (χ0n) is 7.81. The quantitative estimate of drug-likeness (QED) is 0.375. The lowest BCUT2D eigenvalue weighted by Gasteiger charge is -2.19. The average Bonchev–Trinajstić information content (AvgIpc) is 1.85. The van der Waals surface area contributed by atoms with E-state index in [1.54, 1.807) is 0 Å². The molecule has 2 nitrogen and oxygen atoms in total. The van der Waals surface area contributed by atoms with Gasteiger partial charge in [-0.2, -0.15) is 0 Å². The van der Waals surface area contributed by atoms with Gasteiger partial charge in [-0.1, -0.05) is 6.08 Å². The van der Waals surface area contributed by atoms with Crippen molar-refractivity contribution in [3.63, 3.8) is 0 Å². The van der Waals surface area contributed by atoms with Crippen LogP contribution in [0.3, 0.4) is 0 Å². The number of unbranched alkanes of at least 4 members (excludes halogenated alkanes) is 1. The Kier molecular flexibility index (Phi) is 5.16. The van der Waals surface area contributed by atoms with Gasteiger partial charge in [-0.25, -0.2) is 5.48 Å². The van der Waals surface area contributed by atoms with Crippen LogP contribution in [0.1, 0.15) is 33.6 Å². The van der Waals surface area contributed by atoms with Gasteiger partial charge in [-0.05, 0) is 33.6 Å². The summed E-state index contributed by atoms with van der Waals surface area (Å²) in [4.78, 5) is 5.29. The summed E-state index contributed by atoms with van der Waals surface area (Å²) in [5.74, 6) is 0. The third-order valence-electron chi connectivity index (χ3n) is 1.07. The fourth-order valence-corrected chi connectivity index (χ4v) is 0.586. The van der Waals surface area contributed by atoms with Crippen LogP contribution in [0.4, 0.5) is 0 Å². The first-order valence-electron chi connectivity index (χ1n) is 4.08. The Hall–Kier alpha value is -0.340. The molecule has 0 fully saturated rings. The molecule has 0 aromatic heterocycles. The van der Waals surface area contributed by atoms with Gasteiger partial charge in [0, 0.05) is 6.54 Å². The molecule has 0 saturated carbocycles. The van der Waals surface area contributed by atoms with Crippen molar-refractivity contribution in [1.29, 1.82) is 0 Å². The third-order valence-corrected chi connectivity index (χ3v) is 1.07. The predicted octanol–water partition coefficient (Wildman–Crippen LogP) is 2.27. The van der Waals surface area contributed by atoms with Crippen LogP contribution in [0.2, 0.25) is 0 Å². The van der Waals surface area contributed by atoms with Gasteiger partial charge in [0.2, 0.25) is 0 Å². The zero-order valence-corrected chi connectivity index (χ0v) is 7.81. The summed E-state index contributed by atoms with van der Waals surface area (Å²) in [6, 6.07) is 0. The molecule has 0 aliphatic rings. The molecular weight excluding hydrogens is 138 g/mol. The molecule has 0 aliphatic carbocycles. The molecule has 0 spiro atoms. The number of nitrogens with one attached hydrogen (secondary N) is 1. The largest absolute Gasteiger partial charge is 0.296 e. The maximum Gasteiger partial charge on any atom is 0.0812 e. The van der Waals surface area contributed by atoms with Gasteiger partial charge in [0.05, 0.1) is 5.60 Å². The lowest BCUT2D eigenvalue weighted by atomic mass is 10.2. The molecule has 0 heterocycles. The Morgan fingerprint density at radius 3 is 2.55 bits per heavy atom. The molecule has 0 atom stereocenters. The van der Waals surface area contributed by atoms with Crippen molar-refractivity contribution in [2.24, 2.45) is 0 Å². The van der Waals surface area contributed by atoms with E-state index in [0.29, 0.717) is 0 Å². The van der Waals surface area contributed by atoms with Crippen LogP contribution >= 0.6 is 0 Å². The van der Waals surface area contributed by atoms with E-state index < -0.39 is 0 Å². The fraction of sp³-hybridized carbons (Fsp3) is 0.778. The molecule has 1 N–H and O–H groups in total. The normalized spacial score (nSPS) is 11.5. The zero-order chi connectivity index (χ0) is 8.74. The van der Waals surface area contributed by atoms with Gasteiger partial charge >= 0.3 is 0 Å². The van der Waals surface area contributed by atoms with Crippen LogP contribution in [0.25, 0.3) is 0 Å². The smallest absolute Gasteiger partial charge is 0.0812 e. The number of allylic oxidation sites excluding steroid dienone is 1. The molecule has 2 heteroatoms. The predicted molar refractivity (Wildman–Crippen MR) is 48.3 cm³/mol. The summed E-state index contributed by atoms with van der Waals surface area (Å²) < 4.78 is 0. The lowest BCUT2D eigenvalue weighted by Crippen LogP contribution is -2.29. The highest BCUT2D eigenvalue weighted by molar-refractivity contribution is 4.65. The Balaban J connectivity index is 3.08. The lowest BCUT2D eigenvalue weighted by molar-refractivity contribution is -0.0723. The summed E-state index contributed by atoms with van der Waals surface area (Å²) >= 11 is 0. The Morgan fingerprint density at radius 1 is 1.45 bits per heavy atom. The number of hydroxylamine groups is 1. The number of hydrogen-bond donors (Lipinski definition) is 1. The molecule has 0 amide bonds. The number of rotatable bonds is 5. The first-order chi connectivity index (χ1) is 5.06. The first-order valence-corrected chi connectivity index (χ1v) is 4.08. The van der Waals surface area contributed by atoms with E-state index in [4.69, 9.17) is 4.84 Å². The first kappa shape index (κ1) is 10.7. The maximum absolute atomic E-state index is 5.29. The van der Waals surface area contributed by atoms with Crippen molar-refractivity contribution in [2.75, 3.05) is 6.54 Å². The van der Waals surface area contributed by atoms with Crippen LogP contribution < -0.4 is 5.48 Å². The van der Waals surface area contributed by atoms with Crippen LogP contribution in [0, 0.1) is 0 Å². The molecule has 0 aromatic carbocycles. The van der Waals surface area contributed by atoms with Gasteiger partial charge in [-0.15, -0.1) is 6.58 Å². The summed E-state index contributed by atoms with van der Waals surface area (Å²) in [6.07, 6.45) is 4.04. The molecule has 0 rings (SSSR count). The van der Waals surface area contributed by atoms with Gasteiger partial charge in [0.25, 0.3) is 0 Å². The SMILES string of the molecule is C=CCCCNOC(C)(C)C. The molecular formula is C9H19NO. The standard InChI is InChI=1S/C9H19NO/c1-5-6-7-8-10-11-9(2,3)4/h5,10H,1,6-8H2,2-4H3. The Labute approximate surface area is 69.6 Å². The van der Waals surface area contributed by atoms with Crippen LogP contribution in [-0.4, -0.2) is 12.1 Å².